The molecule has 7 heteroatoms. The summed E-state index contributed by atoms with van der Waals surface area (Å²) in [7, 11) is 1.66. The standard InChI is InChI=1S/C18H29N3O2S.HI/c1-4-19-18(21-15-6-5-11-24-13-15)20-12-14(2)23-17-9-7-16(22-3)8-10-17;/h7-10,14-15H,4-6,11-13H2,1-3H3,(H2,19,20,21);1H. The number of thioether (sulfide) groups is 1. The Balaban J connectivity index is 0.00000312. The third kappa shape index (κ3) is 8.40. The molecule has 2 rings (SSSR count). The van der Waals surface area contributed by atoms with Gasteiger partial charge in [-0.15, -0.1) is 24.0 Å². The van der Waals surface area contributed by atoms with Crippen molar-refractivity contribution >= 4 is 41.7 Å². The molecule has 1 fully saturated rings. The number of hydrogen-bond acceptors (Lipinski definition) is 4. The van der Waals surface area contributed by atoms with Crippen molar-refractivity contribution in [1.82, 2.24) is 10.6 Å². The molecule has 0 aliphatic carbocycles. The molecular formula is C18H30IN3O2S. The van der Waals surface area contributed by atoms with Crippen LogP contribution in [0.2, 0.25) is 0 Å². The van der Waals surface area contributed by atoms with Crippen LogP contribution in [0, 0.1) is 0 Å². The van der Waals surface area contributed by atoms with E-state index >= 15 is 0 Å². The van der Waals surface area contributed by atoms with Crippen LogP contribution in [-0.2, 0) is 0 Å². The number of methoxy groups -OCH3 is 1. The van der Waals surface area contributed by atoms with Crippen LogP contribution in [0.1, 0.15) is 26.7 Å². The summed E-state index contributed by atoms with van der Waals surface area (Å²) in [5.41, 5.74) is 0. The Hall–Kier alpha value is -0.830. The Morgan fingerprint density at radius 3 is 2.64 bits per heavy atom. The second-order valence-corrected chi connectivity index (χ2v) is 7.03. The third-order valence-corrected chi connectivity index (χ3v) is 4.96. The van der Waals surface area contributed by atoms with Gasteiger partial charge in [0.25, 0.3) is 0 Å². The van der Waals surface area contributed by atoms with Crippen LogP contribution in [0.25, 0.3) is 0 Å². The molecule has 5 nitrogen and oxygen atoms in total. The maximum Gasteiger partial charge on any atom is 0.191 e. The highest BCUT2D eigenvalue weighted by Crippen LogP contribution is 2.18. The molecule has 1 aromatic rings. The summed E-state index contributed by atoms with van der Waals surface area (Å²) in [5, 5.41) is 6.86. The van der Waals surface area contributed by atoms with Crippen LogP contribution in [-0.4, -0.2) is 49.8 Å². The molecule has 0 bridgehead atoms. The second kappa shape index (κ2) is 12.5. The quantitative estimate of drug-likeness (QED) is 0.356. The lowest BCUT2D eigenvalue weighted by Crippen LogP contribution is -2.45. The largest absolute Gasteiger partial charge is 0.497 e. The summed E-state index contributed by atoms with van der Waals surface area (Å²) in [4.78, 5) is 4.67. The molecule has 0 radical (unpaired) electrons. The van der Waals surface area contributed by atoms with Gasteiger partial charge in [-0.25, -0.2) is 4.99 Å². The number of nitrogens with one attached hydrogen (secondary N) is 2. The van der Waals surface area contributed by atoms with Crippen LogP contribution in [0.5, 0.6) is 11.5 Å². The monoisotopic (exact) mass is 479 g/mol. The van der Waals surface area contributed by atoms with Crippen LogP contribution in [0.3, 0.4) is 0 Å². The molecule has 2 atom stereocenters. The molecule has 2 N–H and O–H groups in total. The van der Waals surface area contributed by atoms with E-state index in [-0.39, 0.29) is 30.1 Å². The third-order valence-electron chi connectivity index (χ3n) is 3.75. The van der Waals surface area contributed by atoms with Crippen molar-refractivity contribution in [3.8, 4) is 11.5 Å². The van der Waals surface area contributed by atoms with Crippen molar-refractivity contribution in [3.05, 3.63) is 24.3 Å². The van der Waals surface area contributed by atoms with E-state index < -0.39 is 0 Å². The molecule has 142 valence electrons. The average Bonchev–Trinajstić information content (AvgIpc) is 2.61. The number of hydrogen-bond donors (Lipinski definition) is 2. The lowest BCUT2D eigenvalue weighted by Gasteiger charge is -2.25. The normalized spacial score (nSPS) is 18.7. The van der Waals surface area contributed by atoms with Gasteiger partial charge in [-0.1, -0.05) is 0 Å². The zero-order chi connectivity index (χ0) is 17.2. The van der Waals surface area contributed by atoms with E-state index in [1.54, 1.807) is 7.11 Å². The van der Waals surface area contributed by atoms with Gasteiger partial charge in [0.15, 0.2) is 5.96 Å². The minimum absolute atomic E-state index is 0. The van der Waals surface area contributed by atoms with Crippen LogP contribution >= 0.6 is 35.7 Å². The summed E-state index contributed by atoms with van der Waals surface area (Å²) in [5.74, 6) is 4.98. The minimum atomic E-state index is 0. The summed E-state index contributed by atoms with van der Waals surface area (Å²) in [6.45, 7) is 5.60. The van der Waals surface area contributed by atoms with Crippen molar-refractivity contribution < 1.29 is 9.47 Å². The number of aliphatic imine (C=N–C) groups is 1. The van der Waals surface area contributed by atoms with Gasteiger partial charge in [-0.3, -0.25) is 0 Å². The molecule has 0 saturated carbocycles. The Bertz CT molecular complexity index is 508. The molecule has 0 aromatic heterocycles. The van der Waals surface area contributed by atoms with Gasteiger partial charge in [0, 0.05) is 18.3 Å². The zero-order valence-corrected chi connectivity index (χ0v) is 18.4. The fourth-order valence-electron chi connectivity index (χ4n) is 2.51. The first-order valence-corrected chi connectivity index (χ1v) is 9.80. The maximum atomic E-state index is 5.91. The molecule has 25 heavy (non-hydrogen) atoms. The zero-order valence-electron chi connectivity index (χ0n) is 15.3. The average molecular weight is 479 g/mol. The molecule has 1 heterocycles. The Labute approximate surface area is 172 Å². The van der Waals surface area contributed by atoms with E-state index in [1.165, 1.54) is 18.6 Å². The van der Waals surface area contributed by atoms with Crippen molar-refractivity contribution in [3.63, 3.8) is 0 Å². The lowest BCUT2D eigenvalue weighted by atomic mass is 10.2. The number of halogens is 1. The van der Waals surface area contributed by atoms with Gasteiger partial charge in [-0.05, 0) is 56.7 Å². The first-order chi connectivity index (χ1) is 11.7. The molecule has 0 spiro atoms. The van der Waals surface area contributed by atoms with Crippen molar-refractivity contribution in [1.29, 1.82) is 0 Å². The second-order valence-electron chi connectivity index (χ2n) is 5.88. The predicted octanol–water partition coefficient (Wildman–Crippen LogP) is 3.53. The van der Waals surface area contributed by atoms with Gasteiger partial charge >= 0.3 is 0 Å². The highest BCUT2D eigenvalue weighted by Gasteiger charge is 2.15. The summed E-state index contributed by atoms with van der Waals surface area (Å²) in [6.07, 6.45) is 2.50. The summed E-state index contributed by atoms with van der Waals surface area (Å²) in [6, 6.07) is 8.15. The van der Waals surface area contributed by atoms with Gasteiger partial charge in [0.2, 0.25) is 0 Å². The molecule has 1 aromatic carbocycles. The van der Waals surface area contributed by atoms with E-state index in [0.717, 1.165) is 29.8 Å². The Kier molecular flexibility index (Phi) is 11.1. The number of guanidine groups is 1. The smallest absolute Gasteiger partial charge is 0.191 e. The van der Waals surface area contributed by atoms with E-state index in [2.05, 4.69) is 22.5 Å². The molecule has 1 aliphatic heterocycles. The Morgan fingerprint density at radius 2 is 2.04 bits per heavy atom. The molecule has 1 saturated heterocycles. The maximum absolute atomic E-state index is 5.91. The number of ether oxygens (including phenoxy) is 2. The predicted molar refractivity (Wildman–Crippen MR) is 118 cm³/mol. The van der Waals surface area contributed by atoms with Crippen molar-refractivity contribution in [2.75, 3.05) is 31.7 Å². The highest BCUT2D eigenvalue weighted by atomic mass is 127. The van der Waals surface area contributed by atoms with Crippen molar-refractivity contribution in [2.24, 2.45) is 4.99 Å². The minimum Gasteiger partial charge on any atom is -0.497 e. The molecular weight excluding hydrogens is 449 g/mol. The van der Waals surface area contributed by atoms with E-state index in [9.17, 15) is 0 Å². The first-order valence-electron chi connectivity index (χ1n) is 8.64. The van der Waals surface area contributed by atoms with Crippen LogP contribution < -0.4 is 20.1 Å². The van der Waals surface area contributed by atoms with Gasteiger partial charge < -0.3 is 20.1 Å². The fourth-order valence-corrected chi connectivity index (χ4v) is 3.58. The van der Waals surface area contributed by atoms with E-state index in [1.807, 2.05) is 43.0 Å². The van der Waals surface area contributed by atoms with Crippen molar-refractivity contribution in [2.45, 2.75) is 38.8 Å². The Morgan fingerprint density at radius 1 is 1.32 bits per heavy atom. The van der Waals surface area contributed by atoms with Gasteiger partial charge in [0.05, 0.1) is 13.7 Å². The molecule has 0 amide bonds. The SMILES string of the molecule is CCNC(=NCC(C)Oc1ccc(OC)cc1)NC1CCCSC1.I. The lowest BCUT2D eigenvalue weighted by molar-refractivity contribution is 0.230. The summed E-state index contributed by atoms with van der Waals surface area (Å²) >= 11 is 2.01. The van der Waals surface area contributed by atoms with Gasteiger partial charge in [-0.2, -0.15) is 11.8 Å². The number of benzene rings is 1. The van der Waals surface area contributed by atoms with Gasteiger partial charge in [0.1, 0.15) is 17.6 Å². The topological polar surface area (TPSA) is 54.9 Å². The molecule has 2 unspecified atom stereocenters. The number of nitrogens with zero attached hydrogens (tertiary/aromatic N) is 1. The summed E-state index contributed by atoms with van der Waals surface area (Å²) < 4.78 is 11.1. The highest BCUT2D eigenvalue weighted by molar-refractivity contribution is 14.0. The first kappa shape index (κ1) is 22.2. The van der Waals surface area contributed by atoms with E-state index in [4.69, 9.17) is 9.47 Å². The number of rotatable bonds is 7. The van der Waals surface area contributed by atoms with E-state index in [0.29, 0.717) is 12.6 Å². The van der Waals surface area contributed by atoms with Crippen LogP contribution in [0.15, 0.2) is 29.3 Å². The fraction of sp³-hybridized carbons (Fsp3) is 0.611. The van der Waals surface area contributed by atoms with Crippen LogP contribution in [0.4, 0.5) is 0 Å². The molecule has 1 aliphatic rings.